The lowest BCUT2D eigenvalue weighted by molar-refractivity contribution is -0.137. The van der Waals surface area contributed by atoms with Gasteiger partial charge in [0.15, 0.2) is 0 Å². The van der Waals surface area contributed by atoms with Gasteiger partial charge < -0.3 is 10.5 Å². The van der Waals surface area contributed by atoms with Gasteiger partial charge in [0, 0.05) is 12.3 Å². The summed E-state index contributed by atoms with van der Waals surface area (Å²) in [6, 6.07) is 6.12. The van der Waals surface area contributed by atoms with E-state index in [-0.39, 0.29) is 23.1 Å². The summed E-state index contributed by atoms with van der Waals surface area (Å²) in [5, 5.41) is 0. The number of rotatable bonds is 5. The molecule has 3 heterocycles. The SMILES string of the molecule is CCc1cc(N2C(=O)CN(c3cncc(C(F)(F)F)c3)C2=O)ccc1Oc1cc(N)ncn1. The average Bonchev–Trinajstić information content (AvgIpc) is 3.07. The van der Waals surface area contributed by atoms with Crippen LogP contribution in [0.1, 0.15) is 18.1 Å². The number of aromatic nitrogens is 3. The number of anilines is 3. The molecule has 1 fully saturated rings. The Morgan fingerprint density at radius 3 is 2.58 bits per heavy atom. The summed E-state index contributed by atoms with van der Waals surface area (Å²) in [6.45, 7) is 1.44. The number of nitrogens with zero attached hydrogens (tertiary/aromatic N) is 5. The molecule has 0 saturated carbocycles. The number of nitrogens with two attached hydrogens (primary N) is 1. The maximum Gasteiger partial charge on any atom is 0.417 e. The Balaban J connectivity index is 1.61. The van der Waals surface area contributed by atoms with E-state index >= 15 is 0 Å². The predicted octanol–water partition coefficient (Wildman–Crippen LogP) is 3.80. The molecule has 33 heavy (non-hydrogen) atoms. The average molecular weight is 458 g/mol. The van der Waals surface area contributed by atoms with Crippen molar-refractivity contribution in [3.63, 3.8) is 0 Å². The third-order valence-electron chi connectivity index (χ3n) is 4.89. The van der Waals surface area contributed by atoms with Crippen LogP contribution in [0.25, 0.3) is 0 Å². The highest BCUT2D eigenvalue weighted by Crippen LogP contribution is 2.34. The van der Waals surface area contributed by atoms with Crippen molar-refractivity contribution in [3.05, 3.63) is 60.2 Å². The molecule has 0 unspecified atom stereocenters. The van der Waals surface area contributed by atoms with Crippen molar-refractivity contribution < 1.29 is 27.5 Å². The smallest absolute Gasteiger partial charge is 0.417 e. The summed E-state index contributed by atoms with van der Waals surface area (Å²) in [6.07, 6.45) is -1.12. The lowest BCUT2D eigenvalue weighted by Crippen LogP contribution is -2.33. The van der Waals surface area contributed by atoms with Crippen LogP contribution in [0, 0.1) is 0 Å². The molecular formula is C21H17F3N6O3. The molecule has 2 N–H and O–H groups in total. The molecular weight excluding hydrogens is 441 g/mol. The van der Waals surface area contributed by atoms with Crippen LogP contribution >= 0.6 is 0 Å². The number of halogens is 3. The molecule has 12 heteroatoms. The highest BCUT2D eigenvalue weighted by atomic mass is 19.4. The van der Waals surface area contributed by atoms with Crippen LogP contribution in [0.3, 0.4) is 0 Å². The van der Waals surface area contributed by atoms with Gasteiger partial charge in [0.1, 0.15) is 24.4 Å². The number of ether oxygens (including phenoxy) is 1. The van der Waals surface area contributed by atoms with Crippen LogP contribution in [-0.2, 0) is 17.4 Å². The summed E-state index contributed by atoms with van der Waals surface area (Å²) < 4.78 is 44.8. The van der Waals surface area contributed by atoms with Gasteiger partial charge in [-0.25, -0.2) is 19.7 Å². The Hall–Kier alpha value is -4.22. The van der Waals surface area contributed by atoms with Crippen molar-refractivity contribution in [2.45, 2.75) is 19.5 Å². The number of benzene rings is 1. The minimum absolute atomic E-state index is 0.123. The first-order chi connectivity index (χ1) is 15.7. The molecule has 3 amide bonds. The summed E-state index contributed by atoms with van der Waals surface area (Å²) >= 11 is 0. The fraction of sp³-hybridized carbons (Fsp3) is 0.190. The van der Waals surface area contributed by atoms with Crippen molar-refractivity contribution in [1.82, 2.24) is 15.0 Å². The van der Waals surface area contributed by atoms with Gasteiger partial charge >= 0.3 is 12.2 Å². The van der Waals surface area contributed by atoms with Crippen LogP contribution in [0.5, 0.6) is 11.6 Å². The van der Waals surface area contributed by atoms with Crippen molar-refractivity contribution in [3.8, 4) is 11.6 Å². The third kappa shape index (κ3) is 4.40. The van der Waals surface area contributed by atoms with Gasteiger partial charge in [-0.1, -0.05) is 6.92 Å². The second kappa shape index (κ2) is 8.37. The molecule has 9 nitrogen and oxygen atoms in total. The highest BCUT2D eigenvalue weighted by molar-refractivity contribution is 6.26. The van der Waals surface area contributed by atoms with Gasteiger partial charge in [0.05, 0.1) is 23.1 Å². The van der Waals surface area contributed by atoms with E-state index < -0.39 is 30.2 Å². The van der Waals surface area contributed by atoms with Gasteiger partial charge in [-0.3, -0.25) is 14.7 Å². The fourth-order valence-electron chi connectivity index (χ4n) is 3.29. The molecule has 0 aliphatic carbocycles. The molecule has 0 bridgehead atoms. The van der Waals surface area contributed by atoms with E-state index in [1.807, 2.05) is 6.92 Å². The molecule has 4 rings (SSSR count). The third-order valence-corrected chi connectivity index (χ3v) is 4.89. The van der Waals surface area contributed by atoms with E-state index in [0.29, 0.717) is 23.9 Å². The number of amides is 3. The molecule has 1 aromatic carbocycles. The number of pyridine rings is 1. The zero-order valence-electron chi connectivity index (χ0n) is 17.2. The first-order valence-electron chi connectivity index (χ1n) is 9.72. The Morgan fingerprint density at radius 2 is 1.88 bits per heavy atom. The quantitative estimate of drug-likeness (QED) is 0.579. The summed E-state index contributed by atoms with van der Waals surface area (Å²) in [5.74, 6) is 0.308. The standard InChI is InChI=1S/C21H17F3N6O3/c1-2-12-5-14(3-4-16(12)33-18-7-17(25)27-11-28-18)30-19(31)10-29(20(30)32)15-6-13(8-26-9-15)21(22,23)24/h3-9,11H,2,10H2,1H3,(H2,25,27,28). The van der Waals surface area contributed by atoms with Crippen molar-refractivity contribution in [1.29, 1.82) is 0 Å². The van der Waals surface area contributed by atoms with E-state index in [1.165, 1.54) is 18.5 Å². The summed E-state index contributed by atoms with van der Waals surface area (Å²) in [5.41, 5.74) is 5.43. The summed E-state index contributed by atoms with van der Waals surface area (Å²) in [7, 11) is 0. The molecule has 0 radical (unpaired) electrons. The van der Waals surface area contributed by atoms with E-state index in [9.17, 15) is 22.8 Å². The number of carbonyl (C=O) groups excluding carboxylic acids is 2. The first kappa shape index (κ1) is 22.0. The van der Waals surface area contributed by atoms with Crippen LogP contribution in [0.2, 0.25) is 0 Å². The molecule has 2 aromatic heterocycles. The minimum Gasteiger partial charge on any atom is -0.439 e. The predicted molar refractivity (Wildman–Crippen MR) is 112 cm³/mol. The van der Waals surface area contributed by atoms with Gasteiger partial charge in [-0.05, 0) is 36.2 Å². The Labute approximate surface area is 185 Å². The van der Waals surface area contributed by atoms with Crippen molar-refractivity contribution in [2.75, 3.05) is 22.1 Å². The maximum atomic E-state index is 13.0. The number of alkyl halides is 3. The number of aryl methyl sites for hydroxylation is 1. The van der Waals surface area contributed by atoms with Gasteiger partial charge in [-0.15, -0.1) is 0 Å². The summed E-state index contributed by atoms with van der Waals surface area (Å²) in [4.78, 5) is 38.8. The lowest BCUT2D eigenvalue weighted by atomic mass is 10.1. The van der Waals surface area contributed by atoms with Crippen LogP contribution in [0.15, 0.2) is 49.1 Å². The minimum atomic E-state index is -4.63. The molecule has 0 atom stereocenters. The Bertz CT molecular complexity index is 1230. The molecule has 1 aliphatic rings. The zero-order chi connectivity index (χ0) is 23.8. The number of carbonyl (C=O) groups is 2. The number of urea groups is 1. The number of nitrogen functional groups attached to an aromatic ring is 1. The van der Waals surface area contributed by atoms with Crippen LogP contribution in [-0.4, -0.2) is 33.4 Å². The number of imide groups is 1. The van der Waals surface area contributed by atoms with Crippen molar-refractivity contribution in [2.24, 2.45) is 0 Å². The zero-order valence-corrected chi connectivity index (χ0v) is 17.2. The molecule has 1 saturated heterocycles. The molecule has 3 aromatic rings. The second-order valence-corrected chi connectivity index (χ2v) is 7.06. The Kier molecular flexibility index (Phi) is 5.58. The largest absolute Gasteiger partial charge is 0.439 e. The van der Waals surface area contributed by atoms with Gasteiger partial charge in [-0.2, -0.15) is 13.2 Å². The van der Waals surface area contributed by atoms with E-state index in [4.69, 9.17) is 10.5 Å². The second-order valence-electron chi connectivity index (χ2n) is 7.06. The van der Waals surface area contributed by atoms with Crippen LogP contribution in [0.4, 0.5) is 35.2 Å². The number of hydrogen-bond donors (Lipinski definition) is 1. The van der Waals surface area contributed by atoms with Crippen LogP contribution < -0.4 is 20.3 Å². The van der Waals surface area contributed by atoms with E-state index in [2.05, 4.69) is 15.0 Å². The molecule has 1 aliphatic heterocycles. The topological polar surface area (TPSA) is 115 Å². The molecule has 0 spiro atoms. The monoisotopic (exact) mass is 458 g/mol. The van der Waals surface area contributed by atoms with E-state index in [0.717, 1.165) is 22.1 Å². The highest BCUT2D eigenvalue weighted by Gasteiger charge is 2.39. The lowest BCUT2D eigenvalue weighted by Gasteiger charge is -2.19. The number of hydrogen-bond acceptors (Lipinski definition) is 7. The molecule has 170 valence electrons. The normalized spacial score (nSPS) is 14.2. The van der Waals surface area contributed by atoms with E-state index in [1.54, 1.807) is 12.1 Å². The van der Waals surface area contributed by atoms with Crippen molar-refractivity contribution >= 4 is 29.1 Å². The maximum absolute atomic E-state index is 13.0. The Morgan fingerprint density at radius 1 is 1.09 bits per heavy atom. The van der Waals surface area contributed by atoms with Gasteiger partial charge in [0.2, 0.25) is 5.88 Å². The first-order valence-corrected chi connectivity index (χ1v) is 9.72. The fourth-order valence-corrected chi connectivity index (χ4v) is 3.29. The van der Waals surface area contributed by atoms with Gasteiger partial charge in [0.25, 0.3) is 5.91 Å².